The highest BCUT2D eigenvalue weighted by atomic mass is 32.1. The number of carbonyl (C=O) groups is 1. The number of rotatable bonds is 6. The summed E-state index contributed by atoms with van der Waals surface area (Å²) in [5.74, 6) is -0.0629. The molecule has 2 aromatic heterocycles. The Morgan fingerprint density at radius 1 is 1.06 bits per heavy atom. The van der Waals surface area contributed by atoms with Crippen LogP contribution in [-0.2, 0) is 11.3 Å². The first-order valence-corrected chi connectivity index (χ1v) is 11.3. The van der Waals surface area contributed by atoms with Crippen molar-refractivity contribution < 1.29 is 9.53 Å². The van der Waals surface area contributed by atoms with Gasteiger partial charge in [0, 0.05) is 25.2 Å². The second kappa shape index (κ2) is 9.33. The van der Waals surface area contributed by atoms with Crippen LogP contribution in [0.2, 0.25) is 0 Å². The molecule has 4 aromatic rings. The third-order valence-electron chi connectivity index (χ3n) is 5.39. The van der Waals surface area contributed by atoms with Crippen LogP contribution in [0.4, 0.5) is 5.00 Å². The van der Waals surface area contributed by atoms with Gasteiger partial charge in [0.05, 0.1) is 28.8 Å². The van der Waals surface area contributed by atoms with E-state index in [1.165, 1.54) is 6.33 Å². The Labute approximate surface area is 190 Å². The number of benzene rings is 2. The molecular weight excluding hydrogens is 422 g/mol. The van der Waals surface area contributed by atoms with Gasteiger partial charge < -0.3 is 15.0 Å². The molecule has 1 aliphatic heterocycles. The minimum atomic E-state index is -0.0629. The van der Waals surface area contributed by atoms with Crippen LogP contribution in [0.1, 0.15) is 15.2 Å². The fourth-order valence-corrected chi connectivity index (χ4v) is 4.85. The monoisotopic (exact) mass is 445 g/mol. The highest BCUT2D eigenvalue weighted by molar-refractivity contribution is 7.18. The first-order chi connectivity index (χ1) is 15.8. The van der Waals surface area contributed by atoms with Crippen LogP contribution >= 0.6 is 11.3 Å². The average Bonchev–Trinajstić information content (AvgIpc) is 3.55. The number of anilines is 1. The maximum Gasteiger partial charge on any atom is 0.261 e. The zero-order chi connectivity index (χ0) is 21.8. The van der Waals surface area contributed by atoms with E-state index in [1.807, 2.05) is 48.5 Å². The van der Waals surface area contributed by atoms with Gasteiger partial charge in [0.1, 0.15) is 12.7 Å². The van der Waals surface area contributed by atoms with E-state index in [0.717, 1.165) is 40.5 Å². The topological polar surface area (TPSA) is 72.3 Å². The van der Waals surface area contributed by atoms with Crippen molar-refractivity contribution in [1.82, 2.24) is 20.1 Å². The molecule has 0 spiro atoms. The van der Waals surface area contributed by atoms with E-state index in [0.29, 0.717) is 24.6 Å². The average molecular weight is 446 g/mol. The molecule has 32 heavy (non-hydrogen) atoms. The van der Waals surface area contributed by atoms with E-state index in [2.05, 4.69) is 32.4 Å². The maximum absolute atomic E-state index is 13.0. The summed E-state index contributed by atoms with van der Waals surface area (Å²) in [6, 6.07) is 20.1. The highest BCUT2D eigenvalue weighted by Crippen LogP contribution is 2.39. The largest absolute Gasteiger partial charge is 0.378 e. The van der Waals surface area contributed by atoms with Crippen LogP contribution in [-0.4, -0.2) is 47.0 Å². The van der Waals surface area contributed by atoms with Gasteiger partial charge in [0.2, 0.25) is 0 Å². The molecule has 2 aromatic carbocycles. The number of ether oxygens (including phenoxy) is 1. The number of aromatic nitrogens is 3. The number of thiophene rings is 1. The lowest BCUT2D eigenvalue weighted by molar-refractivity contribution is 0.0955. The van der Waals surface area contributed by atoms with Gasteiger partial charge in [-0.1, -0.05) is 42.5 Å². The molecule has 1 aliphatic rings. The molecule has 0 saturated carbocycles. The lowest BCUT2D eigenvalue weighted by Gasteiger charge is -2.28. The number of nitrogens with one attached hydrogen (secondary N) is 1. The second-order valence-corrected chi connectivity index (χ2v) is 8.51. The van der Waals surface area contributed by atoms with Gasteiger partial charge >= 0.3 is 0 Å². The smallest absolute Gasteiger partial charge is 0.261 e. The number of morpholine rings is 1. The number of nitrogens with zero attached hydrogens (tertiary/aromatic N) is 4. The van der Waals surface area contributed by atoms with Crippen LogP contribution in [0.5, 0.6) is 0 Å². The molecule has 1 fully saturated rings. The molecule has 162 valence electrons. The lowest BCUT2D eigenvalue weighted by atomic mass is 10.1. The fraction of sp³-hybridized carbons (Fsp3) is 0.208. The van der Waals surface area contributed by atoms with Crippen LogP contribution in [0, 0.1) is 0 Å². The molecular formula is C24H23N5O2S. The van der Waals surface area contributed by atoms with E-state index in [1.54, 1.807) is 22.3 Å². The second-order valence-electron chi connectivity index (χ2n) is 7.48. The minimum Gasteiger partial charge on any atom is -0.378 e. The van der Waals surface area contributed by atoms with Crippen molar-refractivity contribution >= 4 is 22.2 Å². The van der Waals surface area contributed by atoms with Crippen molar-refractivity contribution in [3.8, 4) is 16.8 Å². The van der Waals surface area contributed by atoms with Crippen molar-refractivity contribution in [3.63, 3.8) is 0 Å². The SMILES string of the molecule is O=C(NCc1ccc(-n2cncn2)cc1)c1cc(-c2ccccc2)c(N2CCOCC2)s1. The summed E-state index contributed by atoms with van der Waals surface area (Å²) in [6.07, 6.45) is 3.16. The number of hydrogen-bond donors (Lipinski definition) is 1. The maximum atomic E-state index is 13.0. The Hall–Kier alpha value is -3.49. The van der Waals surface area contributed by atoms with E-state index in [9.17, 15) is 4.79 Å². The molecule has 1 amide bonds. The zero-order valence-corrected chi connectivity index (χ0v) is 18.3. The summed E-state index contributed by atoms with van der Waals surface area (Å²) in [6.45, 7) is 3.54. The molecule has 0 atom stereocenters. The molecule has 8 heteroatoms. The molecule has 0 unspecified atom stereocenters. The number of carbonyl (C=O) groups excluding carboxylic acids is 1. The normalized spacial score (nSPS) is 13.8. The van der Waals surface area contributed by atoms with Gasteiger partial charge in [-0.15, -0.1) is 11.3 Å². The Morgan fingerprint density at radius 2 is 1.84 bits per heavy atom. The van der Waals surface area contributed by atoms with Gasteiger partial charge in [-0.2, -0.15) is 5.10 Å². The van der Waals surface area contributed by atoms with Crippen molar-refractivity contribution in [2.75, 3.05) is 31.2 Å². The standard InChI is InChI=1S/C24H23N5O2S/c30-23(26-15-18-6-8-20(9-7-18)29-17-25-16-27-29)22-14-21(19-4-2-1-3-5-19)24(32-22)28-10-12-31-13-11-28/h1-9,14,16-17H,10-13,15H2,(H,26,30). The van der Waals surface area contributed by atoms with Crippen LogP contribution in [0.15, 0.2) is 73.3 Å². The molecule has 5 rings (SSSR count). The first-order valence-electron chi connectivity index (χ1n) is 10.5. The van der Waals surface area contributed by atoms with E-state index in [-0.39, 0.29) is 5.91 Å². The summed E-state index contributed by atoms with van der Waals surface area (Å²) < 4.78 is 7.22. The Kier molecular flexibility index (Phi) is 5.96. The van der Waals surface area contributed by atoms with Gasteiger partial charge in [-0.05, 0) is 29.3 Å². The predicted octanol–water partition coefficient (Wildman–Crippen LogP) is 3.76. The lowest BCUT2D eigenvalue weighted by Crippen LogP contribution is -2.35. The molecule has 7 nitrogen and oxygen atoms in total. The van der Waals surface area contributed by atoms with Crippen LogP contribution < -0.4 is 10.2 Å². The minimum absolute atomic E-state index is 0.0629. The third kappa shape index (κ3) is 4.42. The summed E-state index contributed by atoms with van der Waals surface area (Å²) in [4.78, 5) is 20.0. The Bertz CT molecular complexity index is 1170. The molecule has 1 saturated heterocycles. The highest BCUT2D eigenvalue weighted by Gasteiger charge is 2.21. The molecule has 3 heterocycles. The third-order valence-corrected chi connectivity index (χ3v) is 6.59. The van der Waals surface area contributed by atoms with Crippen molar-refractivity contribution in [3.05, 3.63) is 83.8 Å². The predicted molar refractivity (Wildman–Crippen MR) is 125 cm³/mol. The number of hydrogen-bond acceptors (Lipinski definition) is 6. The zero-order valence-electron chi connectivity index (χ0n) is 17.5. The number of amides is 1. The van der Waals surface area contributed by atoms with Crippen molar-refractivity contribution in [2.24, 2.45) is 0 Å². The summed E-state index contributed by atoms with van der Waals surface area (Å²) in [5.41, 5.74) is 4.17. The van der Waals surface area contributed by atoms with Crippen molar-refractivity contribution in [1.29, 1.82) is 0 Å². The van der Waals surface area contributed by atoms with Gasteiger partial charge in [-0.25, -0.2) is 9.67 Å². The Balaban J connectivity index is 1.32. The van der Waals surface area contributed by atoms with Gasteiger partial charge in [0.15, 0.2) is 0 Å². The molecule has 0 radical (unpaired) electrons. The first kappa shape index (κ1) is 20.4. The summed E-state index contributed by atoms with van der Waals surface area (Å²) in [7, 11) is 0. The van der Waals surface area contributed by atoms with Crippen molar-refractivity contribution in [2.45, 2.75) is 6.54 Å². The van der Waals surface area contributed by atoms with E-state index < -0.39 is 0 Å². The van der Waals surface area contributed by atoms with E-state index >= 15 is 0 Å². The summed E-state index contributed by atoms with van der Waals surface area (Å²) in [5, 5.41) is 8.31. The quantitative estimate of drug-likeness (QED) is 0.489. The van der Waals surface area contributed by atoms with Gasteiger partial charge in [0.25, 0.3) is 5.91 Å². The fourth-order valence-electron chi connectivity index (χ4n) is 3.70. The molecule has 0 bridgehead atoms. The Morgan fingerprint density at radius 3 is 2.56 bits per heavy atom. The van der Waals surface area contributed by atoms with Gasteiger partial charge in [-0.3, -0.25) is 4.79 Å². The van der Waals surface area contributed by atoms with Crippen LogP contribution in [0.3, 0.4) is 0 Å². The summed E-state index contributed by atoms with van der Waals surface area (Å²) >= 11 is 1.54. The molecule has 1 N–H and O–H groups in total. The van der Waals surface area contributed by atoms with E-state index in [4.69, 9.17) is 4.74 Å². The molecule has 0 aliphatic carbocycles. The van der Waals surface area contributed by atoms with Crippen LogP contribution in [0.25, 0.3) is 16.8 Å².